The smallest absolute Gasteiger partial charge is 0.136 e. The second kappa shape index (κ2) is 6.57. The molecule has 0 N–H and O–H groups in total. The summed E-state index contributed by atoms with van der Waals surface area (Å²) in [5.41, 5.74) is 2.63. The topological polar surface area (TPSA) is 17.1 Å². The van der Waals surface area contributed by atoms with Gasteiger partial charge < -0.3 is 0 Å². The standard InChI is InChI=1S/C19H19BrO/c20-18-8-4-5-14(12-18)11-17-13-16(9-10-19(17)21)15-6-2-1-3-7-15/h1-8,12,16-17H,9-11,13H2. The van der Waals surface area contributed by atoms with Gasteiger partial charge in [0, 0.05) is 16.8 Å². The lowest BCUT2D eigenvalue weighted by molar-refractivity contribution is -0.124. The summed E-state index contributed by atoms with van der Waals surface area (Å²) in [5.74, 6) is 1.13. The third-order valence-electron chi connectivity index (χ3n) is 4.41. The molecule has 2 heteroatoms. The maximum absolute atomic E-state index is 12.2. The van der Waals surface area contributed by atoms with Crippen LogP contribution in [0.5, 0.6) is 0 Å². The molecule has 0 saturated heterocycles. The van der Waals surface area contributed by atoms with E-state index in [0.717, 1.165) is 30.2 Å². The maximum Gasteiger partial charge on any atom is 0.136 e. The molecule has 0 spiro atoms. The van der Waals surface area contributed by atoms with E-state index in [0.29, 0.717) is 11.7 Å². The Hall–Kier alpha value is -1.41. The molecule has 0 radical (unpaired) electrons. The van der Waals surface area contributed by atoms with Gasteiger partial charge in [-0.3, -0.25) is 4.79 Å². The van der Waals surface area contributed by atoms with Crippen LogP contribution >= 0.6 is 15.9 Å². The maximum atomic E-state index is 12.2. The van der Waals surface area contributed by atoms with Gasteiger partial charge in [0.2, 0.25) is 0 Å². The quantitative estimate of drug-likeness (QED) is 0.754. The molecule has 1 saturated carbocycles. The van der Waals surface area contributed by atoms with Crippen molar-refractivity contribution in [2.24, 2.45) is 5.92 Å². The Balaban J connectivity index is 1.73. The zero-order valence-corrected chi connectivity index (χ0v) is 13.6. The number of benzene rings is 2. The number of carbonyl (C=O) groups excluding carboxylic acids is 1. The monoisotopic (exact) mass is 342 g/mol. The van der Waals surface area contributed by atoms with Crippen molar-refractivity contribution in [3.63, 3.8) is 0 Å². The fraction of sp³-hybridized carbons (Fsp3) is 0.316. The Morgan fingerprint density at radius 2 is 1.86 bits per heavy atom. The first-order valence-corrected chi connectivity index (χ1v) is 8.34. The Labute approximate surface area is 134 Å². The minimum atomic E-state index is 0.165. The second-order valence-corrected chi connectivity index (χ2v) is 6.79. The van der Waals surface area contributed by atoms with Crippen LogP contribution in [0, 0.1) is 5.92 Å². The van der Waals surface area contributed by atoms with E-state index in [2.05, 4.69) is 58.4 Å². The van der Waals surface area contributed by atoms with Crippen LogP contribution in [0.1, 0.15) is 36.3 Å². The molecule has 0 aliphatic heterocycles. The van der Waals surface area contributed by atoms with Crippen molar-refractivity contribution in [3.05, 3.63) is 70.2 Å². The number of halogens is 1. The molecular formula is C19H19BrO. The van der Waals surface area contributed by atoms with Gasteiger partial charge in [0.15, 0.2) is 0 Å². The molecule has 2 aromatic rings. The third-order valence-corrected chi connectivity index (χ3v) is 4.90. The summed E-state index contributed by atoms with van der Waals surface area (Å²) < 4.78 is 1.09. The first-order valence-electron chi connectivity index (χ1n) is 7.54. The van der Waals surface area contributed by atoms with Crippen molar-refractivity contribution >= 4 is 21.7 Å². The van der Waals surface area contributed by atoms with E-state index < -0.39 is 0 Å². The fourth-order valence-corrected chi connectivity index (χ4v) is 3.73. The highest BCUT2D eigenvalue weighted by atomic mass is 79.9. The number of ketones is 1. The van der Waals surface area contributed by atoms with E-state index in [-0.39, 0.29) is 5.92 Å². The van der Waals surface area contributed by atoms with E-state index in [1.54, 1.807) is 0 Å². The van der Waals surface area contributed by atoms with Crippen molar-refractivity contribution in [2.45, 2.75) is 31.6 Å². The molecule has 1 fully saturated rings. The summed E-state index contributed by atoms with van der Waals surface area (Å²) in [4.78, 5) is 12.2. The summed E-state index contributed by atoms with van der Waals surface area (Å²) in [6.45, 7) is 0. The highest BCUT2D eigenvalue weighted by Gasteiger charge is 2.29. The molecule has 0 bridgehead atoms. The fourth-order valence-electron chi connectivity index (χ4n) is 3.29. The second-order valence-electron chi connectivity index (χ2n) is 5.88. The van der Waals surface area contributed by atoms with Gasteiger partial charge in [-0.15, -0.1) is 0 Å². The van der Waals surface area contributed by atoms with Gasteiger partial charge in [-0.1, -0.05) is 58.4 Å². The van der Waals surface area contributed by atoms with Gasteiger partial charge in [0.25, 0.3) is 0 Å². The van der Waals surface area contributed by atoms with Gasteiger partial charge in [-0.25, -0.2) is 0 Å². The zero-order valence-electron chi connectivity index (χ0n) is 12.0. The number of hydrogen-bond acceptors (Lipinski definition) is 1. The Bertz CT molecular complexity index is 620. The number of carbonyl (C=O) groups is 1. The molecule has 0 aromatic heterocycles. The van der Waals surface area contributed by atoms with Crippen molar-refractivity contribution < 1.29 is 4.79 Å². The summed E-state index contributed by atoms with van der Waals surface area (Å²) in [5, 5.41) is 0. The van der Waals surface area contributed by atoms with E-state index in [4.69, 9.17) is 0 Å². The molecule has 0 amide bonds. The predicted molar refractivity (Wildman–Crippen MR) is 89.4 cm³/mol. The van der Waals surface area contributed by atoms with E-state index in [1.165, 1.54) is 11.1 Å². The third kappa shape index (κ3) is 3.62. The minimum absolute atomic E-state index is 0.165. The van der Waals surface area contributed by atoms with E-state index in [1.807, 2.05) is 12.1 Å². The van der Waals surface area contributed by atoms with E-state index >= 15 is 0 Å². The summed E-state index contributed by atoms with van der Waals surface area (Å²) in [6, 6.07) is 18.9. The summed E-state index contributed by atoms with van der Waals surface area (Å²) in [7, 11) is 0. The first kappa shape index (κ1) is 14.5. The van der Waals surface area contributed by atoms with Gasteiger partial charge >= 0.3 is 0 Å². The predicted octanol–water partition coefficient (Wildman–Crippen LogP) is 5.14. The van der Waals surface area contributed by atoms with Crippen molar-refractivity contribution in [3.8, 4) is 0 Å². The Morgan fingerprint density at radius 3 is 2.62 bits per heavy atom. The lowest BCUT2D eigenvalue weighted by atomic mass is 9.75. The van der Waals surface area contributed by atoms with Crippen LogP contribution in [0.4, 0.5) is 0 Å². The van der Waals surface area contributed by atoms with Gasteiger partial charge in [-0.05, 0) is 48.4 Å². The average molecular weight is 343 g/mol. The van der Waals surface area contributed by atoms with Crippen LogP contribution < -0.4 is 0 Å². The largest absolute Gasteiger partial charge is 0.299 e. The number of hydrogen-bond donors (Lipinski definition) is 0. The lowest BCUT2D eigenvalue weighted by Crippen LogP contribution is -2.25. The van der Waals surface area contributed by atoms with Crippen LogP contribution in [0.2, 0.25) is 0 Å². The minimum Gasteiger partial charge on any atom is -0.299 e. The normalized spacial score (nSPS) is 22.2. The van der Waals surface area contributed by atoms with Gasteiger partial charge in [0.05, 0.1) is 0 Å². The molecule has 2 aromatic carbocycles. The molecule has 21 heavy (non-hydrogen) atoms. The molecule has 108 valence electrons. The highest BCUT2D eigenvalue weighted by Crippen LogP contribution is 2.35. The van der Waals surface area contributed by atoms with Gasteiger partial charge in [0.1, 0.15) is 5.78 Å². The summed E-state index contributed by atoms with van der Waals surface area (Å²) in [6.07, 6.45) is 3.56. The van der Waals surface area contributed by atoms with E-state index in [9.17, 15) is 4.79 Å². The van der Waals surface area contributed by atoms with Crippen LogP contribution in [-0.2, 0) is 11.2 Å². The van der Waals surface area contributed by atoms with Crippen molar-refractivity contribution in [1.29, 1.82) is 0 Å². The molecule has 2 unspecified atom stereocenters. The molecular weight excluding hydrogens is 324 g/mol. The molecule has 2 atom stereocenters. The van der Waals surface area contributed by atoms with Crippen LogP contribution in [0.15, 0.2) is 59.1 Å². The molecule has 1 nitrogen and oxygen atoms in total. The SMILES string of the molecule is O=C1CCC(c2ccccc2)CC1Cc1cccc(Br)c1. The van der Waals surface area contributed by atoms with Crippen molar-refractivity contribution in [1.82, 2.24) is 0 Å². The van der Waals surface area contributed by atoms with Crippen LogP contribution in [0.25, 0.3) is 0 Å². The average Bonchev–Trinajstić information content (AvgIpc) is 2.50. The zero-order chi connectivity index (χ0) is 14.7. The first-order chi connectivity index (χ1) is 10.2. The van der Waals surface area contributed by atoms with Gasteiger partial charge in [-0.2, -0.15) is 0 Å². The molecule has 3 rings (SSSR count). The molecule has 1 aliphatic carbocycles. The van der Waals surface area contributed by atoms with Crippen molar-refractivity contribution in [2.75, 3.05) is 0 Å². The lowest BCUT2D eigenvalue weighted by Gasteiger charge is -2.28. The number of rotatable bonds is 3. The Morgan fingerprint density at radius 1 is 1.05 bits per heavy atom. The molecule has 1 aliphatic rings. The number of Topliss-reactive ketones (excluding diaryl/α,β-unsaturated/α-hetero) is 1. The summed E-state index contributed by atoms with van der Waals surface area (Å²) >= 11 is 3.51. The van der Waals surface area contributed by atoms with Crippen LogP contribution in [-0.4, -0.2) is 5.78 Å². The Kier molecular flexibility index (Phi) is 4.54. The molecule has 0 heterocycles. The highest BCUT2D eigenvalue weighted by molar-refractivity contribution is 9.10. The van der Waals surface area contributed by atoms with Crippen LogP contribution in [0.3, 0.4) is 0 Å².